The standard InChI is InChI=1S/C8H6Cl2O/c1-5-2-6(9)3-8(10)7(5)4-11/h2-4H,1H3. The molecule has 0 saturated carbocycles. The highest BCUT2D eigenvalue weighted by molar-refractivity contribution is 6.36. The lowest BCUT2D eigenvalue weighted by atomic mass is 10.1. The maximum Gasteiger partial charge on any atom is 0.151 e. The first-order valence-electron chi connectivity index (χ1n) is 3.06. The first-order chi connectivity index (χ1) is 5.15. The first kappa shape index (κ1) is 8.57. The Hall–Kier alpha value is -0.530. The van der Waals surface area contributed by atoms with Gasteiger partial charge in [0.2, 0.25) is 0 Å². The predicted octanol–water partition coefficient (Wildman–Crippen LogP) is 3.11. The maximum absolute atomic E-state index is 10.4. The molecule has 3 heteroatoms. The van der Waals surface area contributed by atoms with Crippen molar-refractivity contribution in [2.45, 2.75) is 6.92 Å². The minimum atomic E-state index is 0.407. The van der Waals surface area contributed by atoms with Crippen LogP contribution in [0.4, 0.5) is 0 Å². The van der Waals surface area contributed by atoms with E-state index in [1.165, 1.54) is 0 Å². The van der Waals surface area contributed by atoms with Gasteiger partial charge in [-0.2, -0.15) is 0 Å². The quantitative estimate of drug-likeness (QED) is 0.620. The van der Waals surface area contributed by atoms with Crippen LogP contribution in [0.3, 0.4) is 0 Å². The molecule has 1 rings (SSSR count). The summed E-state index contributed by atoms with van der Waals surface area (Å²) in [5.74, 6) is 0. The summed E-state index contributed by atoms with van der Waals surface area (Å²) in [6, 6.07) is 3.26. The third kappa shape index (κ3) is 1.73. The summed E-state index contributed by atoms with van der Waals surface area (Å²) in [5.41, 5.74) is 1.31. The van der Waals surface area contributed by atoms with Crippen molar-refractivity contribution in [3.05, 3.63) is 33.3 Å². The second-order valence-corrected chi connectivity index (χ2v) is 3.08. The van der Waals surface area contributed by atoms with Gasteiger partial charge >= 0.3 is 0 Å². The van der Waals surface area contributed by atoms with E-state index in [4.69, 9.17) is 23.2 Å². The van der Waals surface area contributed by atoms with Crippen molar-refractivity contribution < 1.29 is 4.79 Å². The lowest BCUT2D eigenvalue weighted by Crippen LogP contribution is -1.87. The van der Waals surface area contributed by atoms with Crippen LogP contribution in [0.2, 0.25) is 10.0 Å². The minimum Gasteiger partial charge on any atom is -0.298 e. The summed E-state index contributed by atoms with van der Waals surface area (Å²) >= 11 is 11.4. The van der Waals surface area contributed by atoms with Gasteiger partial charge in [-0.3, -0.25) is 4.79 Å². The Balaban J connectivity index is 3.36. The first-order valence-corrected chi connectivity index (χ1v) is 3.81. The molecule has 0 unspecified atom stereocenters. The van der Waals surface area contributed by atoms with E-state index in [-0.39, 0.29) is 0 Å². The Kier molecular flexibility index (Phi) is 2.53. The van der Waals surface area contributed by atoms with E-state index in [9.17, 15) is 4.79 Å². The number of carbonyl (C=O) groups is 1. The number of aldehydes is 1. The zero-order chi connectivity index (χ0) is 8.43. The van der Waals surface area contributed by atoms with Gasteiger partial charge in [0.25, 0.3) is 0 Å². The smallest absolute Gasteiger partial charge is 0.151 e. The van der Waals surface area contributed by atoms with E-state index < -0.39 is 0 Å². The molecule has 0 radical (unpaired) electrons. The zero-order valence-corrected chi connectivity index (χ0v) is 7.41. The van der Waals surface area contributed by atoms with Gasteiger partial charge in [0.15, 0.2) is 6.29 Å². The summed E-state index contributed by atoms with van der Waals surface area (Å²) in [6.07, 6.45) is 0.730. The fraction of sp³-hybridized carbons (Fsp3) is 0.125. The molecule has 0 aliphatic carbocycles. The number of carbonyl (C=O) groups excluding carboxylic acids is 1. The topological polar surface area (TPSA) is 17.1 Å². The lowest BCUT2D eigenvalue weighted by molar-refractivity contribution is 0.112. The van der Waals surface area contributed by atoms with Crippen LogP contribution in [0.25, 0.3) is 0 Å². The van der Waals surface area contributed by atoms with Crippen molar-refractivity contribution in [1.82, 2.24) is 0 Å². The van der Waals surface area contributed by atoms with Crippen LogP contribution in [0.5, 0.6) is 0 Å². The molecule has 1 aromatic rings. The molecule has 0 fully saturated rings. The maximum atomic E-state index is 10.4. The monoisotopic (exact) mass is 188 g/mol. The Morgan fingerprint density at radius 2 is 2.00 bits per heavy atom. The fourth-order valence-corrected chi connectivity index (χ4v) is 1.50. The molecule has 1 nitrogen and oxygen atoms in total. The van der Waals surface area contributed by atoms with Gasteiger partial charge in [0.05, 0.1) is 5.02 Å². The van der Waals surface area contributed by atoms with Crippen molar-refractivity contribution in [2.24, 2.45) is 0 Å². The van der Waals surface area contributed by atoms with Crippen LogP contribution in [0.1, 0.15) is 15.9 Å². The van der Waals surface area contributed by atoms with Gasteiger partial charge in [-0.1, -0.05) is 23.2 Å². The summed E-state index contributed by atoms with van der Waals surface area (Å²) in [4.78, 5) is 10.4. The van der Waals surface area contributed by atoms with E-state index in [1.807, 2.05) is 0 Å². The van der Waals surface area contributed by atoms with Crippen LogP contribution in [-0.4, -0.2) is 6.29 Å². The molecule has 0 spiro atoms. The van der Waals surface area contributed by atoms with Gasteiger partial charge in [-0.25, -0.2) is 0 Å². The minimum absolute atomic E-state index is 0.407. The normalized spacial score (nSPS) is 9.73. The molecule has 0 aliphatic rings. The van der Waals surface area contributed by atoms with E-state index in [1.54, 1.807) is 19.1 Å². The molecule has 1 aromatic carbocycles. The molecule has 0 N–H and O–H groups in total. The van der Waals surface area contributed by atoms with Crippen LogP contribution >= 0.6 is 23.2 Å². The summed E-state index contributed by atoms with van der Waals surface area (Å²) in [6.45, 7) is 1.79. The Labute approximate surface area is 74.9 Å². The Morgan fingerprint density at radius 3 is 2.45 bits per heavy atom. The second kappa shape index (κ2) is 3.24. The molecule has 0 aromatic heterocycles. The number of halogens is 2. The molecule has 0 heterocycles. The Bertz CT molecular complexity index is 271. The summed E-state index contributed by atoms with van der Waals surface area (Å²) in [5, 5.41) is 0.961. The molecule has 0 aliphatic heterocycles. The van der Waals surface area contributed by atoms with E-state index in [0.29, 0.717) is 15.6 Å². The number of rotatable bonds is 1. The molecule has 58 valence electrons. The SMILES string of the molecule is Cc1cc(Cl)cc(Cl)c1C=O. The van der Waals surface area contributed by atoms with Crippen LogP contribution < -0.4 is 0 Å². The second-order valence-electron chi connectivity index (χ2n) is 2.24. The van der Waals surface area contributed by atoms with E-state index in [2.05, 4.69) is 0 Å². The summed E-state index contributed by atoms with van der Waals surface area (Å²) in [7, 11) is 0. The van der Waals surface area contributed by atoms with Crippen molar-refractivity contribution >= 4 is 29.5 Å². The van der Waals surface area contributed by atoms with E-state index in [0.717, 1.165) is 11.8 Å². The van der Waals surface area contributed by atoms with Crippen LogP contribution in [0.15, 0.2) is 12.1 Å². The van der Waals surface area contributed by atoms with Crippen molar-refractivity contribution in [1.29, 1.82) is 0 Å². The highest BCUT2D eigenvalue weighted by Crippen LogP contribution is 2.22. The third-order valence-corrected chi connectivity index (χ3v) is 1.95. The largest absolute Gasteiger partial charge is 0.298 e. The van der Waals surface area contributed by atoms with Gasteiger partial charge < -0.3 is 0 Å². The summed E-state index contributed by atoms with van der Waals surface area (Å²) < 4.78 is 0. The van der Waals surface area contributed by atoms with Crippen molar-refractivity contribution in [3.63, 3.8) is 0 Å². The lowest BCUT2D eigenvalue weighted by Gasteiger charge is -2.00. The van der Waals surface area contributed by atoms with Gasteiger partial charge in [0, 0.05) is 10.6 Å². The van der Waals surface area contributed by atoms with Crippen LogP contribution in [0, 0.1) is 6.92 Å². The highest BCUT2D eigenvalue weighted by atomic mass is 35.5. The van der Waals surface area contributed by atoms with Crippen molar-refractivity contribution in [2.75, 3.05) is 0 Å². The van der Waals surface area contributed by atoms with E-state index >= 15 is 0 Å². The fourth-order valence-electron chi connectivity index (χ4n) is 0.863. The van der Waals surface area contributed by atoms with Gasteiger partial charge in [-0.15, -0.1) is 0 Å². The van der Waals surface area contributed by atoms with Crippen molar-refractivity contribution in [3.8, 4) is 0 Å². The third-order valence-electron chi connectivity index (χ3n) is 1.42. The number of hydrogen-bond acceptors (Lipinski definition) is 1. The molecule has 0 atom stereocenters. The number of hydrogen-bond donors (Lipinski definition) is 0. The molecule has 11 heavy (non-hydrogen) atoms. The highest BCUT2D eigenvalue weighted by Gasteiger charge is 2.03. The average Bonchev–Trinajstić information content (AvgIpc) is 1.85. The number of aryl methyl sites for hydroxylation is 1. The predicted molar refractivity (Wildman–Crippen MR) is 46.6 cm³/mol. The van der Waals surface area contributed by atoms with Gasteiger partial charge in [0.1, 0.15) is 0 Å². The van der Waals surface area contributed by atoms with Crippen LogP contribution in [-0.2, 0) is 0 Å². The van der Waals surface area contributed by atoms with Gasteiger partial charge in [-0.05, 0) is 24.6 Å². The molecular weight excluding hydrogens is 183 g/mol. The zero-order valence-electron chi connectivity index (χ0n) is 5.90. The molecule has 0 bridgehead atoms. The molecule has 0 saturated heterocycles. The number of benzene rings is 1. The molecule has 0 amide bonds. The average molecular weight is 189 g/mol. The Morgan fingerprint density at radius 1 is 1.36 bits per heavy atom. The molecular formula is C8H6Cl2O.